The van der Waals surface area contributed by atoms with E-state index in [1.54, 1.807) is 0 Å². The molecule has 286 valence electrons. The number of carbonyl (C=O) groups is 2. The number of ether oxygens (including phenoxy) is 2. The second kappa shape index (κ2) is 38.7. The first kappa shape index (κ1) is 46.9. The molecule has 0 heterocycles. The lowest BCUT2D eigenvalue weighted by atomic mass is 10.1. The van der Waals surface area contributed by atoms with Crippen LogP contribution in [-0.2, 0) is 19.1 Å². The van der Waals surface area contributed by atoms with Gasteiger partial charge in [-0.2, -0.15) is 0 Å². The van der Waals surface area contributed by atoms with Gasteiger partial charge in [0.05, 0.1) is 13.2 Å². The van der Waals surface area contributed by atoms with Crippen LogP contribution < -0.4 is 0 Å². The molecular formula is C42H84N2O4. The number of esters is 2. The Balaban J connectivity index is 3.41. The Morgan fingerprint density at radius 2 is 0.604 bits per heavy atom. The van der Waals surface area contributed by atoms with Gasteiger partial charge in [-0.05, 0) is 65.7 Å². The van der Waals surface area contributed by atoms with Crippen molar-refractivity contribution in [2.24, 2.45) is 0 Å². The highest BCUT2D eigenvalue weighted by Gasteiger charge is 2.06. The lowest BCUT2D eigenvalue weighted by Crippen LogP contribution is -2.23. The van der Waals surface area contributed by atoms with Crippen molar-refractivity contribution in [2.45, 2.75) is 206 Å². The van der Waals surface area contributed by atoms with E-state index in [0.29, 0.717) is 26.1 Å². The first-order valence-corrected chi connectivity index (χ1v) is 21.2. The molecule has 0 spiro atoms. The maximum Gasteiger partial charge on any atom is 0.305 e. The predicted octanol–water partition coefficient (Wildman–Crippen LogP) is 11.7. The number of rotatable bonds is 39. The van der Waals surface area contributed by atoms with E-state index in [1.807, 2.05) is 0 Å². The molecule has 0 N–H and O–H groups in total. The van der Waals surface area contributed by atoms with Crippen LogP contribution in [0, 0.1) is 0 Å². The van der Waals surface area contributed by atoms with Crippen LogP contribution in [0.5, 0.6) is 0 Å². The van der Waals surface area contributed by atoms with E-state index in [-0.39, 0.29) is 11.9 Å². The Bertz CT molecular complexity index is 618. The third-order valence-electron chi connectivity index (χ3n) is 9.69. The average Bonchev–Trinajstić information content (AvgIpc) is 3.08. The largest absolute Gasteiger partial charge is 0.466 e. The summed E-state index contributed by atoms with van der Waals surface area (Å²) in [4.78, 5) is 28.7. The zero-order valence-electron chi connectivity index (χ0n) is 33.0. The minimum absolute atomic E-state index is 0.0191. The smallest absolute Gasteiger partial charge is 0.305 e. The SMILES string of the molecule is CCCCCCCCCCCCCC(=O)OCCCN(C)CCCCCCN(C)CCCOC(=O)CCCCCCCCCCCCC. The highest BCUT2D eigenvalue weighted by Crippen LogP contribution is 2.14. The van der Waals surface area contributed by atoms with Crippen molar-refractivity contribution >= 4 is 11.9 Å². The summed E-state index contributed by atoms with van der Waals surface area (Å²) < 4.78 is 10.9. The predicted molar refractivity (Wildman–Crippen MR) is 207 cm³/mol. The van der Waals surface area contributed by atoms with E-state index in [2.05, 4.69) is 37.7 Å². The highest BCUT2D eigenvalue weighted by molar-refractivity contribution is 5.69. The molecule has 0 aromatic rings. The van der Waals surface area contributed by atoms with E-state index in [4.69, 9.17) is 9.47 Å². The molecule has 48 heavy (non-hydrogen) atoms. The molecule has 6 nitrogen and oxygen atoms in total. The van der Waals surface area contributed by atoms with Gasteiger partial charge < -0.3 is 19.3 Å². The highest BCUT2D eigenvalue weighted by atomic mass is 16.5. The Hall–Kier alpha value is -1.14. The summed E-state index contributed by atoms with van der Waals surface area (Å²) in [6.45, 7) is 9.81. The Kier molecular flexibility index (Phi) is 37.7. The number of hydrogen-bond donors (Lipinski definition) is 0. The number of nitrogens with zero attached hydrogens (tertiary/aromatic N) is 2. The van der Waals surface area contributed by atoms with Crippen molar-refractivity contribution in [3.63, 3.8) is 0 Å². The van der Waals surface area contributed by atoms with E-state index >= 15 is 0 Å². The van der Waals surface area contributed by atoms with Gasteiger partial charge in [-0.15, -0.1) is 0 Å². The van der Waals surface area contributed by atoms with Crippen molar-refractivity contribution in [1.29, 1.82) is 0 Å². The van der Waals surface area contributed by atoms with Crippen molar-refractivity contribution in [3.05, 3.63) is 0 Å². The van der Waals surface area contributed by atoms with E-state index in [1.165, 1.54) is 141 Å². The fourth-order valence-electron chi connectivity index (χ4n) is 6.39. The maximum atomic E-state index is 12.0. The quantitative estimate of drug-likeness (QED) is 0.0476. The van der Waals surface area contributed by atoms with Gasteiger partial charge in [0, 0.05) is 25.9 Å². The van der Waals surface area contributed by atoms with Gasteiger partial charge in [0.15, 0.2) is 0 Å². The molecule has 0 aliphatic heterocycles. The van der Waals surface area contributed by atoms with Crippen LogP contribution in [0.2, 0.25) is 0 Å². The van der Waals surface area contributed by atoms with E-state index in [9.17, 15) is 9.59 Å². The minimum Gasteiger partial charge on any atom is -0.466 e. The van der Waals surface area contributed by atoms with Crippen molar-refractivity contribution in [1.82, 2.24) is 9.80 Å². The van der Waals surface area contributed by atoms with Crippen LogP contribution in [0.25, 0.3) is 0 Å². The summed E-state index contributed by atoms with van der Waals surface area (Å²) in [5.74, 6) is -0.0382. The van der Waals surface area contributed by atoms with Crippen LogP contribution in [0.3, 0.4) is 0 Å². The molecule has 0 aliphatic carbocycles. The monoisotopic (exact) mass is 681 g/mol. The van der Waals surface area contributed by atoms with Crippen LogP contribution in [0.4, 0.5) is 0 Å². The standard InChI is InChI=1S/C42H84N2O4/c1-5-7-9-11-13-15-17-19-21-23-27-33-41(45)47-39-31-37-43(3)35-29-25-26-30-36-44(4)38-32-40-48-42(46)34-28-24-22-20-18-16-14-12-10-8-6-2/h5-40H2,1-4H3. The molecule has 0 aliphatic rings. The summed E-state index contributed by atoms with van der Waals surface area (Å²) >= 11 is 0. The Morgan fingerprint density at radius 1 is 0.354 bits per heavy atom. The normalized spacial score (nSPS) is 11.5. The lowest BCUT2D eigenvalue weighted by molar-refractivity contribution is -0.144. The average molecular weight is 681 g/mol. The van der Waals surface area contributed by atoms with Gasteiger partial charge in [0.2, 0.25) is 0 Å². The first-order chi connectivity index (χ1) is 23.5. The van der Waals surface area contributed by atoms with Gasteiger partial charge in [-0.3, -0.25) is 9.59 Å². The molecule has 0 aromatic carbocycles. The molecule has 0 aromatic heterocycles. The lowest BCUT2D eigenvalue weighted by Gasteiger charge is -2.18. The van der Waals surface area contributed by atoms with Crippen molar-refractivity contribution < 1.29 is 19.1 Å². The Morgan fingerprint density at radius 3 is 0.917 bits per heavy atom. The van der Waals surface area contributed by atoms with E-state index < -0.39 is 0 Å². The second-order valence-electron chi connectivity index (χ2n) is 14.7. The fourth-order valence-corrected chi connectivity index (χ4v) is 6.39. The zero-order valence-corrected chi connectivity index (χ0v) is 33.0. The van der Waals surface area contributed by atoms with Gasteiger partial charge in [0.25, 0.3) is 0 Å². The maximum absolute atomic E-state index is 12.0. The second-order valence-corrected chi connectivity index (χ2v) is 14.7. The van der Waals surface area contributed by atoms with Gasteiger partial charge in [-0.1, -0.05) is 155 Å². The van der Waals surface area contributed by atoms with Crippen LogP contribution in [0.15, 0.2) is 0 Å². The third kappa shape index (κ3) is 37.7. The summed E-state index contributed by atoms with van der Waals surface area (Å²) in [6, 6.07) is 0. The van der Waals surface area contributed by atoms with Gasteiger partial charge in [-0.25, -0.2) is 0 Å². The van der Waals surface area contributed by atoms with Gasteiger partial charge >= 0.3 is 11.9 Å². The molecule has 0 rings (SSSR count). The molecule has 6 heteroatoms. The first-order valence-electron chi connectivity index (χ1n) is 21.2. The summed E-state index contributed by atoms with van der Waals surface area (Å²) in [5.41, 5.74) is 0. The fraction of sp³-hybridized carbons (Fsp3) is 0.952. The number of hydrogen-bond acceptors (Lipinski definition) is 6. The molecular weight excluding hydrogens is 596 g/mol. The Labute approximate surface area is 300 Å². The summed E-state index contributed by atoms with van der Waals surface area (Å²) in [6.07, 6.45) is 36.5. The number of unbranched alkanes of at least 4 members (excludes halogenated alkanes) is 23. The molecule has 0 atom stereocenters. The molecule has 0 bridgehead atoms. The van der Waals surface area contributed by atoms with Gasteiger partial charge in [0.1, 0.15) is 0 Å². The zero-order chi connectivity index (χ0) is 35.2. The minimum atomic E-state index is -0.0191. The molecule has 0 unspecified atom stereocenters. The van der Waals surface area contributed by atoms with Crippen LogP contribution in [0.1, 0.15) is 206 Å². The van der Waals surface area contributed by atoms with Crippen molar-refractivity contribution in [3.8, 4) is 0 Å². The van der Waals surface area contributed by atoms with Crippen LogP contribution >= 0.6 is 0 Å². The van der Waals surface area contributed by atoms with E-state index in [0.717, 1.165) is 64.7 Å². The number of carbonyl (C=O) groups excluding carboxylic acids is 2. The summed E-state index contributed by atoms with van der Waals surface area (Å²) in [5, 5.41) is 0. The molecule has 0 amide bonds. The topological polar surface area (TPSA) is 59.1 Å². The van der Waals surface area contributed by atoms with Crippen LogP contribution in [-0.4, -0.2) is 75.2 Å². The third-order valence-corrected chi connectivity index (χ3v) is 9.69. The molecule has 0 saturated heterocycles. The molecule has 0 saturated carbocycles. The summed E-state index contributed by atoms with van der Waals surface area (Å²) in [7, 11) is 4.34. The molecule has 0 fully saturated rings. The van der Waals surface area contributed by atoms with Crippen molar-refractivity contribution in [2.75, 3.05) is 53.5 Å². The molecule has 0 radical (unpaired) electrons.